The van der Waals surface area contributed by atoms with Crippen molar-refractivity contribution in [1.29, 1.82) is 0 Å². The summed E-state index contributed by atoms with van der Waals surface area (Å²) in [5.41, 5.74) is 0.693. The van der Waals surface area contributed by atoms with Gasteiger partial charge in [-0.15, -0.1) is 5.11 Å². The van der Waals surface area contributed by atoms with Gasteiger partial charge in [0.15, 0.2) is 0 Å². The second-order valence-electron chi connectivity index (χ2n) is 3.33. The predicted octanol–water partition coefficient (Wildman–Crippen LogP) is 2.92. The van der Waals surface area contributed by atoms with Gasteiger partial charge in [-0.3, -0.25) is 5.01 Å². The first kappa shape index (κ1) is 9.12. The minimum absolute atomic E-state index is 0.245. The van der Waals surface area contributed by atoms with Crippen molar-refractivity contribution in [2.24, 2.45) is 10.3 Å². The first-order valence-corrected chi connectivity index (χ1v) is 4.77. The Kier molecular flexibility index (Phi) is 2.72. The molecule has 14 heavy (non-hydrogen) atoms. The van der Waals surface area contributed by atoms with Gasteiger partial charge in [0.05, 0.1) is 5.69 Å². The Bertz CT molecular complexity index is 315. The maximum atomic E-state index is 12.5. The number of hydrogen-bond donors (Lipinski definition) is 0. The molecule has 1 aromatic rings. The Hall–Kier alpha value is -1.45. The molecule has 1 heterocycles. The highest BCUT2D eigenvalue weighted by Gasteiger charge is 2.08. The van der Waals surface area contributed by atoms with Crippen LogP contribution in [0.3, 0.4) is 0 Å². The van der Waals surface area contributed by atoms with Gasteiger partial charge in [-0.25, -0.2) is 4.39 Å². The molecular formula is C10H12FN3. The summed E-state index contributed by atoms with van der Waals surface area (Å²) in [5, 5.41) is 10.0. The Morgan fingerprint density at radius 3 is 2.36 bits per heavy atom. The van der Waals surface area contributed by atoms with Crippen molar-refractivity contribution >= 4 is 5.69 Å². The summed E-state index contributed by atoms with van der Waals surface area (Å²) in [6.45, 7) is 1.95. The number of rotatable bonds is 2. The predicted molar refractivity (Wildman–Crippen MR) is 51.7 cm³/mol. The molecule has 1 aliphatic rings. The first-order valence-electron chi connectivity index (χ1n) is 4.77. The summed E-state index contributed by atoms with van der Waals surface area (Å²) in [6.07, 6.45) is 2.37. The molecule has 74 valence electrons. The summed E-state index contributed by atoms with van der Waals surface area (Å²) in [4.78, 5) is 0. The van der Waals surface area contributed by atoms with Crippen LogP contribution in [0.1, 0.15) is 12.8 Å². The fourth-order valence-corrected chi connectivity index (χ4v) is 1.41. The van der Waals surface area contributed by atoms with E-state index < -0.39 is 0 Å². The van der Waals surface area contributed by atoms with Gasteiger partial charge in [-0.1, -0.05) is 5.22 Å². The van der Waals surface area contributed by atoms with Gasteiger partial charge >= 0.3 is 0 Å². The van der Waals surface area contributed by atoms with E-state index in [9.17, 15) is 4.39 Å². The molecule has 0 aliphatic carbocycles. The number of nitrogens with zero attached hydrogens (tertiary/aromatic N) is 3. The van der Waals surface area contributed by atoms with Crippen LogP contribution in [0.2, 0.25) is 0 Å². The van der Waals surface area contributed by atoms with Crippen molar-refractivity contribution in [3.63, 3.8) is 0 Å². The van der Waals surface area contributed by atoms with Crippen molar-refractivity contribution < 1.29 is 4.39 Å². The van der Waals surface area contributed by atoms with Crippen LogP contribution < -0.4 is 0 Å². The lowest BCUT2D eigenvalue weighted by Crippen LogP contribution is -2.09. The molecule has 0 atom stereocenters. The van der Waals surface area contributed by atoms with Gasteiger partial charge in [0, 0.05) is 13.1 Å². The molecule has 0 unspecified atom stereocenters. The molecule has 0 N–H and O–H groups in total. The fourth-order valence-electron chi connectivity index (χ4n) is 1.41. The van der Waals surface area contributed by atoms with Gasteiger partial charge in [0.2, 0.25) is 0 Å². The van der Waals surface area contributed by atoms with E-state index in [4.69, 9.17) is 0 Å². The van der Waals surface area contributed by atoms with E-state index in [0.717, 1.165) is 13.1 Å². The highest BCUT2D eigenvalue weighted by atomic mass is 19.1. The third-order valence-electron chi connectivity index (χ3n) is 2.20. The molecule has 4 heteroatoms. The molecular weight excluding hydrogens is 181 g/mol. The van der Waals surface area contributed by atoms with Gasteiger partial charge in [0.25, 0.3) is 0 Å². The minimum Gasteiger partial charge on any atom is -0.278 e. The molecule has 0 saturated carbocycles. The van der Waals surface area contributed by atoms with Crippen molar-refractivity contribution in [3.05, 3.63) is 30.1 Å². The average molecular weight is 193 g/mol. The van der Waals surface area contributed by atoms with E-state index in [2.05, 4.69) is 10.3 Å². The summed E-state index contributed by atoms with van der Waals surface area (Å²) < 4.78 is 12.5. The number of hydrogen-bond acceptors (Lipinski definition) is 2. The molecule has 1 aliphatic heterocycles. The summed E-state index contributed by atoms with van der Waals surface area (Å²) in [5.74, 6) is -0.245. The highest BCUT2D eigenvalue weighted by Crippen LogP contribution is 2.15. The van der Waals surface area contributed by atoms with E-state index in [1.165, 1.54) is 25.0 Å². The molecule has 0 aromatic heterocycles. The molecule has 3 nitrogen and oxygen atoms in total. The van der Waals surface area contributed by atoms with Crippen LogP contribution in [0.15, 0.2) is 34.6 Å². The minimum atomic E-state index is -0.245. The van der Waals surface area contributed by atoms with Crippen molar-refractivity contribution in [1.82, 2.24) is 5.01 Å². The Morgan fingerprint density at radius 2 is 1.71 bits per heavy atom. The van der Waals surface area contributed by atoms with E-state index in [0.29, 0.717) is 5.69 Å². The van der Waals surface area contributed by atoms with Gasteiger partial charge in [-0.05, 0) is 37.1 Å². The van der Waals surface area contributed by atoms with Crippen molar-refractivity contribution in [2.45, 2.75) is 12.8 Å². The summed E-state index contributed by atoms with van der Waals surface area (Å²) >= 11 is 0. The standard InChI is InChI=1S/C10H12FN3/c11-9-3-5-10(6-4-9)12-13-14-7-1-2-8-14/h3-6H,1-2,7-8H2. The maximum absolute atomic E-state index is 12.5. The van der Waals surface area contributed by atoms with Crippen LogP contribution in [-0.2, 0) is 0 Å². The molecule has 1 fully saturated rings. The average Bonchev–Trinajstić information content (AvgIpc) is 2.70. The van der Waals surface area contributed by atoms with Crippen LogP contribution in [0, 0.1) is 5.82 Å². The third kappa shape index (κ3) is 2.28. The van der Waals surface area contributed by atoms with Gasteiger partial charge < -0.3 is 0 Å². The maximum Gasteiger partial charge on any atom is 0.123 e. The topological polar surface area (TPSA) is 28.0 Å². The quantitative estimate of drug-likeness (QED) is 0.663. The van der Waals surface area contributed by atoms with E-state index >= 15 is 0 Å². The first-order chi connectivity index (χ1) is 6.84. The third-order valence-corrected chi connectivity index (χ3v) is 2.20. The summed E-state index contributed by atoms with van der Waals surface area (Å²) in [6, 6.07) is 6.01. The lowest BCUT2D eigenvalue weighted by molar-refractivity contribution is 0.336. The molecule has 1 saturated heterocycles. The lowest BCUT2D eigenvalue weighted by atomic mass is 10.3. The normalized spacial score (nSPS) is 16.8. The Morgan fingerprint density at radius 1 is 1.07 bits per heavy atom. The van der Waals surface area contributed by atoms with Crippen LogP contribution in [-0.4, -0.2) is 18.1 Å². The second kappa shape index (κ2) is 4.17. The smallest absolute Gasteiger partial charge is 0.123 e. The van der Waals surface area contributed by atoms with E-state index in [1.807, 2.05) is 5.01 Å². The van der Waals surface area contributed by atoms with E-state index in [1.54, 1.807) is 12.1 Å². The monoisotopic (exact) mass is 193 g/mol. The lowest BCUT2D eigenvalue weighted by Gasteiger charge is -2.06. The van der Waals surface area contributed by atoms with Gasteiger partial charge in [-0.2, -0.15) is 0 Å². The Labute approximate surface area is 82.2 Å². The Balaban J connectivity index is 1.99. The molecule has 2 rings (SSSR count). The summed E-state index contributed by atoms with van der Waals surface area (Å²) in [7, 11) is 0. The molecule has 0 amide bonds. The van der Waals surface area contributed by atoms with Crippen LogP contribution >= 0.6 is 0 Å². The molecule has 1 aromatic carbocycles. The fraction of sp³-hybridized carbons (Fsp3) is 0.400. The number of benzene rings is 1. The van der Waals surface area contributed by atoms with Crippen molar-refractivity contribution in [2.75, 3.05) is 13.1 Å². The van der Waals surface area contributed by atoms with Gasteiger partial charge in [0.1, 0.15) is 5.82 Å². The van der Waals surface area contributed by atoms with Crippen LogP contribution in [0.4, 0.5) is 10.1 Å². The molecule has 0 bridgehead atoms. The van der Waals surface area contributed by atoms with Crippen LogP contribution in [0.5, 0.6) is 0 Å². The van der Waals surface area contributed by atoms with Crippen molar-refractivity contribution in [3.8, 4) is 0 Å². The molecule has 0 spiro atoms. The van der Waals surface area contributed by atoms with Crippen LogP contribution in [0.25, 0.3) is 0 Å². The SMILES string of the molecule is Fc1ccc(N=NN2CCCC2)cc1. The van der Waals surface area contributed by atoms with E-state index in [-0.39, 0.29) is 5.82 Å². The number of halogens is 1. The second-order valence-corrected chi connectivity index (χ2v) is 3.33. The zero-order valence-electron chi connectivity index (χ0n) is 7.86. The largest absolute Gasteiger partial charge is 0.278 e. The molecule has 0 radical (unpaired) electrons. The zero-order chi connectivity index (χ0) is 9.80. The zero-order valence-corrected chi connectivity index (χ0v) is 7.86. The highest BCUT2D eigenvalue weighted by molar-refractivity contribution is 5.35.